The Morgan fingerprint density at radius 1 is 1.12 bits per heavy atom. The Kier molecular flexibility index (Phi) is 6.13. The summed E-state index contributed by atoms with van der Waals surface area (Å²) in [6.07, 6.45) is 0.994. The van der Waals surface area contributed by atoms with Gasteiger partial charge in [-0.15, -0.1) is 0 Å². The van der Waals surface area contributed by atoms with Crippen LogP contribution in [0.2, 0.25) is 0 Å². The van der Waals surface area contributed by atoms with Crippen molar-refractivity contribution < 1.29 is 14.3 Å². The molecular weight excluding hydrogens is 302 g/mol. The summed E-state index contributed by atoms with van der Waals surface area (Å²) >= 11 is 0. The molecule has 1 N–H and O–H groups in total. The summed E-state index contributed by atoms with van der Waals surface area (Å²) in [6, 6.07) is 14.9. The topological polar surface area (TPSA) is 55.4 Å². The maximum Gasteiger partial charge on any atom is 0.258 e. The van der Waals surface area contributed by atoms with Crippen LogP contribution in [0.5, 0.6) is 5.75 Å². The summed E-state index contributed by atoms with van der Waals surface area (Å²) in [7, 11) is 0. The second-order valence-corrected chi connectivity index (χ2v) is 5.76. The molecule has 4 heteroatoms. The number of aryl methyl sites for hydroxylation is 1. The molecule has 0 aliphatic carbocycles. The minimum atomic E-state index is -0.199. The minimum absolute atomic E-state index is 0.0333. The van der Waals surface area contributed by atoms with Gasteiger partial charge in [0.25, 0.3) is 5.91 Å². The normalized spacial score (nSPS) is 11.6. The van der Waals surface area contributed by atoms with E-state index >= 15 is 0 Å². The van der Waals surface area contributed by atoms with Crippen molar-refractivity contribution in [1.82, 2.24) is 5.32 Å². The molecule has 0 fully saturated rings. The monoisotopic (exact) mass is 325 g/mol. The number of ether oxygens (including phenoxy) is 1. The molecule has 0 spiro atoms. The second kappa shape index (κ2) is 8.29. The lowest BCUT2D eigenvalue weighted by molar-refractivity contribution is -0.123. The van der Waals surface area contributed by atoms with E-state index in [0.29, 0.717) is 11.3 Å². The zero-order chi connectivity index (χ0) is 17.5. The molecular formula is C20H23NO3. The summed E-state index contributed by atoms with van der Waals surface area (Å²) in [5.41, 5.74) is 2.89. The van der Waals surface area contributed by atoms with Crippen LogP contribution in [-0.2, 0) is 11.2 Å². The highest BCUT2D eigenvalue weighted by Crippen LogP contribution is 2.15. The molecule has 2 rings (SSSR count). The first-order chi connectivity index (χ1) is 11.5. The number of ketones is 1. The second-order valence-electron chi connectivity index (χ2n) is 5.76. The van der Waals surface area contributed by atoms with E-state index in [2.05, 4.69) is 24.4 Å². The van der Waals surface area contributed by atoms with Gasteiger partial charge in [0.15, 0.2) is 12.4 Å². The summed E-state index contributed by atoms with van der Waals surface area (Å²) in [4.78, 5) is 23.4. The maximum absolute atomic E-state index is 12.0. The summed E-state index contributed by atoms with van der Waals surface area (Å²) in [5, 5.41) is 2.91. The van der Waals surface area contributed by atoms with Crippen LogP contribution in [0.25, 0.3) is 0 Å². The Bertz CT molecular complexity index is 707. The van der Waals surface area contributed by atoms with Crippen molar-refractivity contribution in [2.45, 2.75) is 33.2 Å². The number of rotatable bonds is 7. The van der Waals surface area contributed by atoms with E-state index in [1.807, 2.05) is 19.1 Å². The molecule has 0 saturated heterocycles. The molecule has 126 valence electrons. The third-order valence-electron chi connectivity index (χ3n) is 3.88. The van der Waals surface area contributed by atoms with Gasteiger partial charge in [-0.1, -0.05) is 43.3 Å². The molecule has 0 aromatic heterocycles. The van der Waals surface area contributed by atoms with Crippen molar-refractivity contribution in [2.24, 2.45) is 0 Å². The van der Waals surface area contributed by atoms with Crippen molar-refractivity contribution in [3.05, 3.63) is 65.2 Å². The van der Waals surface area contributed by atoms with Crippen LogP contribution < -0.4 is 10.1 Å². The summed E-state index contributed by atoms with van der Waals surface area (Å²) < 4.78 is 5.47. The summed E-state index contributed by atoms with van der Waals surface area (Å²) in [6.45, 7) is 5.46. The third-order valence-corrected chi connectivity index (χ3v) is 3.88. The van der Waals surface area contributed by atoms with Crippen LogP contribution in [-0.4, -0.2) is 18.3 Å². The Labute approximate surface area is 142 Å². The van der Waals surface area contributed by atoms with Gasteiger partial charge in [0.05, 0.1) is 6.04 Å². The number of benzene rings is 2. The number of carbonyl (C=O) groups is 2. The lowest BCUT2D eigenvalue weighted by atomic mass is 10.1. The first-order valence-electron chi connectivity index (χ1n) is 8.11. The van der Waals surface area contributed by atoms with E-state index in [-0.39, 0.29) is 24.3 Å². The lowest BCUT2D eigenvalue weighted by Crippen LogP contribution is -2.31. The molecule has 2 aromatic carbocycles. The Morgan fingerprint density at radius 3 is 2.46 bits per heavy atom. The van der Waals surface area contributed by atoms with Crippen LogP contribution >= 0.6 is 0 Å². The number of hydrogen-bond donors (Lipinski definition) is 1. The molecule has 0 aliphatic heterocycles. The lowest BCUT2D eigenvalue weighted by Gasteiger charge is -2.15. The van der Waals surface area contributed by atoms with Gasteiger partial charge in [-0.2, -0.15) is 0 Å². The highest BCUT2D eigenvalue weighted by atomic mass is 16.5. The molecule has 0 radical (unpaired) electrons. The molecule has 24 heavy (non-hydrogen) atoms. The van der Waals surface area contributed by atoms with Crippen LogP contribution in [0.1, 0.15) is 48.3 Å². The Balaban J connectivity index is 1.88. The standard InChI is InChI=1S/C20H23NO3/c1-4-16-8-10-17(11-9-16)14(2)21-20(23)13-24-19-7-5-6-18(12-19)15(3)22/h5-12,14H,4,13H2,1-3H3,(H,21,23)/t14-/m1/s1. The Morgan fingerprint density at radius 2 is 1.83 bits per heavy atom. The van der Waals surface area contributed by atoms with E-state index in [0.717, 1.165) is 12.0 Å². The number of Topliss-reactive ketones (excluding diaryl/α,β-unsaturated/α-hetero) is 1. The average Bonchev–Trinajstić information content (AvgIpc) is 2.60. The quantitative estimate of drug-likeness (QED) is 0.790. The molecule has 4 nitrogen and oxygen atoms in total. The predicted octanol–water partition coefficient (Wildman–Crippen LogP) is 3.71. The van der Waals surface area contributed by atoms with Gasteiger partial charge >= 0.3 is 0 Å². The first kappa shape index (κ1) is 17.7. The zero-order valence-electron chi connectivity index (χ0n) is 14.3. The smallest absolute Gasteiger partial charge is 0.258 e. The minimum Gasteiger partial charge on any atom is -0.484 e. The Hall–Kier alpha value is -2.62. The van der Waals surface area contributed by atoms with Gasteiger partial charge in [-0.05, 0) is 43.5 Å². The van der Waals surface area contributed by atoms with Gasteiger partial charge < -0.3 is 10.1 Å². The SMILES string of the molecule is CCc1ccc([C@@H](C)NC(=O)COc2cccc(C(C)=O)c2)cc1. The predicted molar refractivity (Wildman–Crippen MR) is 94.3 cm³/mol. The average molecular weight is 325 g/mol. The van der Waals surface area contributed by atoms with Crippen molar-refractivity contribution >= 4 is 11.7 Å². The van der Waals surface area contributed by atoms with Crippen molar-refractivity contribution in [2.75, 3.05) is 6.61 Å². The summed E-state index contributed by atoms with van der Waals surface area (Å²) in [5.74, 6) is 0.280. The molecule has 0 bridgehead atoms. The van der Waals surface area contributed by atoms with Crippen LogP contribution in [0, 0.1) is 0 Å². The van der Waals surface area contributed by atoms with E-state index < -0.39 is 0 Å². The van der Waals surface area contributed by atoms with Crippen LogP contribution in [0.15, 0.2) is 48.5 Å². The van der Waals surface area contributed by atoms with E-state index in [4.69, 9.17) is 4.74 Å². The van der Waals surface area contributed by atoms with E-state index in [1.165, 1.54) is 12.5 Å². The molecule has 2 aromatic rings. The van der Waals surface area contributed by atoms with Crippen molar-refractivity contribution in [3.63, 3.8) is 0 Å². The molecule has 0 unspecified atom stereocenters. The maximum atomic E-state index is 12.0. The molecule has 0 aliphatic rings. The van der Waals surface area contributed by atoms with Crippen LogP contribution in [0.3, 0.4) is 0 Å². The number of hydrogen-bond acceptors (Lipinski definition) is 3. The van der Waals surface area contributed by atoms with E-state index in [9.17, 15) is 9.59 Å². The first-order valence-corrected chi connectivity index (χ1v) is 8.11. The molecule has 0 heterocycles. The highest BCUT2D eigenvalue weighted by Gasteiger charge is 2.10. The van der Waals surface area contributed by atoms with Crippen molar-refractivity contribution in [1.29, 1.82) is 0 Å². The zero-order valence-corrected chi connectivity index (χ0v) is 14.3. The fourth-order valence-electron chi connectivity index (χ4n) is 2.36. The number of nitrogens with one attached hydrogen (secondary N) is 1. The van der Waals surface area contributed by atoms with Gasteiger partial charge in [0, 0.05) is 5.56 Å². The number of carbonyl (C=O) groups excluding carboxylic acids is 2. The molecule has 0 saturated carbocycles. The van der Waals surface area contributed by atoms with E-state index in [1.54, 1.807) is 24.3 Å². The fourth-order valence-corrected chi connectivity index (χ4v) is 2.36. The fraction of sp³-hybridized carbons (Fsp3) is 0.300. The largest absolute Gasteiger partial charge is 0.484 e. The third kappa shape index (κ3) is 4.95. The van der Waals surface area contributed by atoms with Crippen LogP contribution in [0.4, 0.5) is 0 Å². The van der Waals surface area contributed by atoms with Crippen molar-refractivity contribution in [3.8, 4) is 5.75 Å². The van der Waals surface area contributed by atoms with Gasteiger partial charge in [-0.25, -0.2) is 0 Å². The van der Waals surface area contributed by atoms with Gasteiger partial charge in [-0.3, -0.25) is 9.59 Å². The van der Waals surface area contributed by atoms with Gasteiger partial charge in [0.2, 0.25) is 0 Å². The molecule has 1 amide bonds. The van der Waals surface area contributed by atoms with Gasteiger partial charge in [0.1, 0.15) is 5.75 Å². The molecule has 1 atom stereocenters. The number of amides is 1. The highest BCUT2D eigenvalue weighted by molar-refractivity contribution is 5.94.